The van der Waals surface area contributed by atoms with E-state index in [1.165, 1.54) is 0 Å². The summed E-state index contributed by atoms with van der Waals surface area (Å²) in [5.74, 6) is 0. The molecule has 0 aliphatic carbocycles. The minimum absolute atomic E-state index is 0.337. The van der Waals surface area contributed by atoms with Crippen LogP contribution in [0.1, 0.15) is 32.3 Å². The van der Waals surface area contributed by atoms with Crippen molar-refractivity contribution in [2.24, 2.45) is 0 Å². The van der Waals surface area contributed by atoms with Gasteiger partial charge < -0.3 is 19.7 Å². The van der Waals surface area contributed by atoms with Gasteiger partial charge in [-0.25, -0.2) is 0 Å². The first-order chi connectivity index (χ1) is 10.6. The van der Waals surface area contributed by atoms with Crippen molar-refractivity contribution in [1.82, 2.24) is 5.32 Å². The lowest BCUT2D eigenvalue weighted by atomic mass is 10.2. The average molecular weight is 350 g/mol. The van der Waals surface area contributed by atoms with E-state index >= 15 is 0 Å². The summed E-state index contributed by atoms with van der Waals surface area (Å²) in [6.45, 7) is 5.59. The second kappa shape index (κ2) is 10.4. The Bertz CT molecular complexity index is 467. The number of ether oxygens (including phenoxy) is 2. The fourth-order valence-electron chi connectivity index (χ4n) is 2.19. The smallest absolute Gasteiger partial charge is 0.246 e. The van der Waals surface area contributed by atoms with Crippen LogP contribution in [0.2, 0.25) is 5.02 Å². The van der Waals surface area contributed by atoms with Crippen LogP contribution in [-0.2, 0) is 20.6 Å². The third kappa shape index (κ3) is 5.99. The third-order valence-corrected chi connectivity index (χ3v) is 4.77. The normalized spacial score (nSPS) is 13.3. The van der Waals surface area contributed by atoms with Crippen LogP contribution in [-0.4, -0.2) is 30.2 Å². The van der Waals surface area contributed by atoms with Crippen molar-refractivity contribution < 1.29 is 18.9 Å². The molecule has 0 aliphatic heterocycles. The molecular formula is C15H25ClNO4P. The first-order valence-electron chi connectivity index (χ1n) is 7.51. The maximum Gasteiger partial charge on any atom is 0.246 e. The van der Waals surface area contributed by atoms with Gasteiger partial charge >= 0.3 is 0 Å². The number of hydrogen-bond acceptors (Lipinski definition) is 4. The second-order valence-corrected chi connectivity index (χ2v) is 6.58. The van der Waals surface area contributed by atoms with E-state index in [1.807, 2.05) is 24.3 Å². The molecule has 1 aromatic rings. The molecule has 1 aromatic carbocycles. The molecule has 22 heavy (non-hydrogen) atoms. The Morgan fingerprint density at radius 2 is 1.91 bits per heavy atom. The Kier molecular flexibility index (Phi) is 9.25. The van der Waals surface area contributed by atoms with E-state index < -0.39 is 13.6 Å². The fourth-order valence-corrected chi connectivity index (χ4v) is 3.32. The average Bonchev–Trinajstić information content (AvgIpc) is 2.48. The van der Waals surface area contributed by atoms with Crippen LogP contribution in [0.3, 0.4) is 0 Å². The predicted molar refractivity (Wildman–Crippen MR) is 89.6 cm³/mol. The van der Waals surface area contributed by atoms with Gasteiger partial charge in [0, 0.05) is 31.2 Å². The Balaban J connectivity index is 2.43. The van der Waals surface area contributed by atoms with Gasteiger partial charge in [-0.1, -0.05) is 29.8 Å². The molecule has 0 fully saturated rings. The van der Waals surface area contributed by atoms with E-state index in [9.17, 15) is 9.46 Å². The van der Waals surface area contributed by atoms with Gasteiger partial charge in [-0.15, -0.1) is 0 Å². The summed E-state index contributed by atoms with van der Waals surface area (Å²) >= 11 is 6.08. The second-order valence-electron chi connectivity index (χ2n) is 4.80. The van der Waals surface area contributed by atoms with Crippen molar-refractivity contribution in [2.75, 3.05) is 19.8 Å². The standard InChI is InChI=1S/C15H25ClNO4P/c1-3-20-15(21-4-2,22(18)19)10-7-11-17-12-13-8-5-6-9-14(13)16/h5-6,8-9,17,22H,3-4,7,10-12H2,1-2H3,(H,18,19). The maximum atomic E-state index is 11.6. The van der Waals surface area contributed by atoms with Crippen molar-refractivity contribution in [3.05, 3.63) is 34.9 Å². The van der Waals surface area contributed by atoms with Gasteiger partial charge in [0.05, 0.1) is 0 Å². The first-order valence-corrected chi connectivity index (χ1v) is 9.24. The molecule has 1 rings (SSSR count). The zero-order valence-corrected chi connectivity index (χ0v) is 14.9. The van der Waals surface area contributed by atoms with Gasteiger partial charge in [0.15, 0.2) is 0 Å². The van der Waals surface area contributed by atoms with Crippen molar-refractivity contribution in [3.63, 3.8) is 0 Å². The summed E-state index contributed by atoms with van der Waals surface area (Å²) in [5, 5.41) is 4.00. The lowest BCUT2D eigenvalue weighted by molar-refractivity contribution is -0.180. The zero-order chi connectivity index (χ0) is 16.4. The highest BCUT2D eigenvalue weighted by molar-refractivity contribution is 7.39. The maximum absolute atomic E-state index is 11.6. The van der Waals surface area contributed by atoms with Gasteiger partial charge in [0.1, 0.15) is 0 Å². The Hall–Kier alpha value is -0.420. The van der Waals surface area contributed by atoms with Gasteiger partial charge in [-0.05, 0) is 38.4 Å². The largest absolute Gasteiger partial charge is 0.343 e. The molecule has 7 heteroatoms. The highest BCUT2D eigenvalue weighted by Gasteiger charge is 2.37. The van der Waals surface area contributed by atoms with E-state index in [0.717, 1.165) is 10.6 Å². The quantitative estimate of drug-likeness (QED) is 0.364. The molecule has 0 heterocycles. The molecule has 1 atom stereocenters. The Labute approximate surface area is 137 Å². The van der Waals surface area contributed by atoms with Crippen LogP contribution in [0.15, 0.2) is 24.3 Å². The number of benzene rings is 1. The van der Waals surface area contributed by atoms with Crippen molar-refractivity contribution in [3.8, 4) is 0 Å². The number of hydrogen-bond donors (Lipinski definition) is 2. The summed E-state index contributed by atoms with van der Waals surface area (Å²) in [6, 6.07) is 7.65. The zero-order valence-electron chi connectivity index (χ0n) is 13.1. The molecule has 0 aromatic heterocycles. The van der Waals surface area contributed by atoms with Gasteiger partial charge in [-0.2, -0.15) is 0 Å². The molecule has 0 radical (unpaired) electrons. The summed E-state index contributed by atoms with van der Waals surface area (Å²) in [5.41, 5.74) is -0.332. The van der Waals surface area contributed by atoms with Gasteiger partial charge in [-0.3, -0.25) is 4.57 Å². The third-order valence-electron chi connectivity index (χ3n) is 3.21. The molecule has 0 bridgehead atoms. The van der Waals surface area contributed by atoms with E-state index in [4.69, 9.17) is 21.1 Å². The van der Waals surface area contributed by atoms with Crippen LogP contribution < -0.4 is 5.32 Å². The summed E-state index contributed by atoms with van der Waals surface area (Å²) in [6.07, 6.45) is 1.04. The molecule has 0 amide bonds. The molecule has 126 valence electrons. The number of halogens is 1. The van der Waals surface area contributed by atoms with Gasteiger partial charge in [0.2, 0.25) is 13.6 Å². The SMILES string of the molecule is CCOC(CCCNCc1ccccc1Cl)(OCC)[PH](=O)O. The van der Waals surface area contributed by atoms with Crippen LogP contribution in [0.5, 0.6) is 0 Å². The van der Waals surface area contributed by atoms with E-state index in [0.29, 0.717) is 39.1 Å². The van der Waals surface area contributed by atoms with Crippen LogP contribution in [0.25, 0.3) is 0 Å². The van der Waals surface area contributed by atoms with E-state index in [-0.39, 0.29) is 0 Å². The lowest BCUT2D eigenvalue weighted by Crippen LogP contribution is -2.33. The van der Waals surface area contributed by atoms with Crippen LogP contribution >= 0.6 is 19.6 Å². The molecule has 0 aliphatic rings. The molecule has 0 saturated heterocycles. The fraction of sp³-hybridized carbons (Fsp3) is 0.600. The molecule has 0 saturated carbocycles. The summed E-state index contributed by atoms with van der Waals surface area (Å²) in [7, 11) is -2.95. The first kappa shape index (κ1) is 19.6. The van der Waals surface area contributed by atoms with Crippen molar-refractivity contribution in [1.29, 1.82) is 0 Å². The minimum Gasteiger partial charge on any atom is -0.343 e. The van der Waals surface area contributed by atoms with E-state index in [1.54, 1.807) is 13.8 Å². The highest BCUT2D eigenvalue weighted by atomic mass is 35.5. The topological polar surface area (TPSA) is 67.8 Å². The van der Waals surface area contributed by atoms with Crippen molar-refractivity contribution in [2.45, 2.75) is 38.8 Å². The number of rotatable bonds is 11. The summed E-state index contributed by atoms with van der Waals surface area (Å²) in [4.78, 5) is 9.55. The molecule has 1 unspecified atom stereocenters. The predicted octanol–water partition coefficient (Wildman–Crippen LogP) is 3.40. The van der Waals surface area contributed by atoms with E-state index in [2.05, 4.69) is 5.32 Å². The lowest BCUT2D eigenvalue weighted by Gasteiger charge is -2.30. The molecule has 5 nitrogen and oxygen atoms in total. The molecular weight excluding hydrogens is 325 g/mol. The molecule has 0 spiro atoms. The van der Waals surface area contributed by atoms with Crippen LogP contribution in [0.4, 0.5) is 0 Å². The van der Waals surface area contributed by atoms with Gasteiger partial charge in [0.25, 0.3) is 0 Å². The van der Waals surface area contributed by atoms with Crippen molar-refractivity contribution >= 4 is 19.6 Å². The Morgan fingerprint density at radius 3 is 2.45 bits per heavy atom. The molecule has 2 N–H and O–H groups in total. The minimum atomic E-state index is -2.95. The highest BCUT2D eigenvalue weighted by Crippen LogP contribution is 2.41. The number of nitrogens with one attached hydrogen (secondary N) is 1. The monoisotopic (exact) mass is 349 g/mol. The summed E-state index contributed by atoms with van der Waals surface area (Å²) < 4.78 is 22.5. The Morgan fingerprint density at radius 1 is 1.27 bits per heavy atom. The van der Waals surface area contributed by atoms with Crippen LogP contribution in [0, 0.1) is 0 Å².